The van der Waals surface area contributed by atoms with Crippen molar-refractivity contribution in [2.45, 2.75) is 12.8 Å². The van der Waals surface area contributed by atoms with Gasteiger partial charge in [0.05, 0.1) is 0 Å². The summed E-state index contributed by atoms with van der Waals surface area (Å²) in [6.07, 6.45) is 2.05. The average Bonchev–Trinajstić information content (AvgIpc) is 2.37. The molecule has 1 amide bonds. The van der Waals surface area contributed by atoms with Gasteiger partial charge in [0.15, 0.2) is 0 Å². The fourth-order valence-corrected chi connectivity index (χ4v) is 1.03. The number of hydrogen-bond donors (Lipinski definition) is 0. The highest BCUT2D eigenvalue weighted by molar-refractivity contribution is 6.05. The van der Waals surface area contributed by atoms with Crippen LogP contribution in [-0.4, -0.2) is 32.1 Å². The first-order chi connectivity index (χ1) is 4.34. The van der Waals surface area contributed by atoms with Crippen molar-refractivity contribution in [3.8, 4) is 0 Å². The minimum Gasteiger partial charge on any atom is -0.528 e. The fourth-order valence-electron chi connectivity index (χ4n) is 1.03. The SMILES string of the molecule is BOC(=O)N1CCCC1. The van der Waals surface area contributed by atoms with Gasteiger partial charge in [-0.05, 0) is 12.8 Å². The molecule has 1 aliphatic rings. The molecule has 0 bridgehead atoms. The number of carbonyl (C=O) groups is 1. The van der Waals surface area contributed by atoms with Gasteiger partial charge in [0.2, 0.25) is 0 Å². The Morgan fingerprint density at radius 3 is 2.44 bits per heavy atom. The monoisotopic (exact) mass is 127 g/mol. The van der Waals surface area contributed by atoms with Crippen LogP contribution in [0.25, 0.3) is 0 Å². The molecule has 0 aromatic rings. The van der Waals surface area contributed by atoms with Crippen LogP contribution in [0.1, 0.15) is 12.8 Å². The molecular weight excluding hydrogens is 117 g/mol. The quantitative estimate of drug-likeness (QED) is 0.420. The van der Waals surface area contributed by atoms with Gasteiger partial charge in [-0.1, -0.05) is 0 Å². The van der Waals surface area contributed by atoms with Crippen LogP contribution in [0.5, 0.6) is 0 Å². The zero-order chi connectivity index (χ0) is 6.69. The van der Waals surface area contributed by atoms with Gasteiger partial charge in [0.1, 0.15) is 0 Å². The molecule has 1 heterocycles. The van der Waals surface area contributed by atoms with Crippen LogP contribution in [0.2, 0.25) is 0 Å². The van der Waals surface area contributed by atoms with Crippen LogP contribution in [0.15, 0.2) is 0 Å². The van der Waals surface area contributed by atoms with E-state index < -0.39 is 0 Å². The molecule has 0 saturated carbocycles. The van der Waals surface area contributed by atoms with Crippen LogP contribution in [0.3, 0.4) is 0 Å². The van der Waals surface area contributed by atoms with E-state index in [1.807, 2.05) is 0 Å². The largest absolute Gasteiger partial charge is 0.528 e. The second-order valence-corrected chi connectivity index (χ2v) is 2.16. The summed E-state index contributed by atoms with van der Waals surface area (Å²) in [5.41, 5.74) is 0. The maximum atomic E-state index is 10.7. The predicted octanol–water partition coefficient (Wildman–Crippen LogP) is -0.233. The maximum Gasteiger partial charge on any atom is 0.391 e. The van der Waals surface area contributed by atoms with E-state index in [0.29, 0.717) is 0 Å². The minimum atomic E-state index is -0.187. The molecule has 50 valence electrons. The highest BCUT2D eigenvalue weighted by Crippen LogP contribution is 2.07. The lowest BCUT2D eigenvalue weighted by molar-refractivity contribution is 0.167. The van der Waals surface area contributed by atoms with E-state index in [1.54, 1.807) is 4.90 Å². The number of rotatable bonds is 0. The Morgan fingerprint density at radius 2 is 2.00 bits per heavy atom. The number of likely N-dealkylation sites (tertiary alicyclic amines) is 1. The molecule has 0 unspecified atom stereocenters. The molecule has 0 aliphatic carbocycles. The number of hydrogen-bond acceptors (Lipinski definition) is 2. The smallest absolute Gasteiger partial charge is 0.391 e. The molecule has 0 aromatic heterocycles. The van der Waals surface area contributed by atoms with E-state index in [9.17, 15) is 4.79 Å². The Hall–Kier alpha value is -0.665. The molecule has 0 spiro atoms. The zero-order valence-electron chi connectivity index (χ0n) is 5.59. The van der Waals surface area contributed by atoms with Gasteiger partial charge in [-0.2, -0.15) is 0 Å². The highest BCUT2D eigenvalue weighted by Gasteiger charge is 2.16. The summed E-state index contributed by atoms with van der Waals surface area (Å²) in [6, 6.07) is 0. The normalized spacial score (nSPS) is 18.0. The molecule has 1 aliphatic heterocycles. The molecule has 1 rings (SSSR count). The van der Waals surface area contributed by atoms with Crippen LogP contribution >= 0.6 is 0 Å². The predicted molar refractivity (Wildman–Crippen MR) is 35.8 cm³/mol. The van der Waals surface area contributed by atoms with Gasteiger partial charge in [-0.3, -0.25) is 0 Å². The van der Waals surface area contributed by atoms with E-state index in [4.69, 9.17) is 0 Å². The Bertz CT molecular complexity index is 112. The van der Waals surface area contributed by atoms with Gasteiger partial charge in [0, 0.05) is 13.1 Å². The molecule has 4 heteroatoms. The first-order valence-electron chi connectivity index (χ1n) is 3.17. The topological polar surface area (TPSA) is 29.5 Å². The Morgan fingerprint density at radius 1 is 1.44 bits per heavy atom. The second kappa shape index (κ2) is 2.76. The van der Waals surface area contributed by atoms with Crippen molar-refractivity contribution in [3.05, 3.63) is 0 Å². The van der Waals surface area contributed by atoms with E-state index >= 15 is 0 Å². The third kappa shape index (κ3) is 1.37. The summed E-state index contributed by atoms with van der Waals surface area (Å²) in [6.45, 7) is 1.74. The van der Waals surface area contributed by atoms with Crippen molar-refractivity contribution < 1.29 is 9.45 Å². The first-order valence-corrected chi connectivity index (χ1v) is 3.17. The van der Waals surface area contributed by atoms with Crippen molar-refractivity contribution in [1.29, 1.82) is 0 Å². The van der Waals surface area contributed by atoms with Gasteiger partial charge in [-0.15, -0.1) is 0 Å². The summed E-state index contributed by atoms with van der Waals surface area (Å²) >= 11 is 0. The van der Waals surface area contributed by atoms with Crippen molar-refractivity contribution in [1.82, 2.24) is 4.90 Å². The summed E-state index contributed by atoms with van der Waals surface area (Å²) in [5.74, 6) is 0. The summed E-state index contributed by atoms with van der Waals surface area (Å²) in [7, 11) is 1.42. The van der Waals surface area contributed by atoms with Crippen molar-refractivity contribution in [2.75, 3.05) is 13.1 Å². The Balaban J connectivity index is 2.32. The lowest BCUT2D eigenvalue weighted by atomic mass is 10.4. The minimum absolute atomic E-state index is 0.187. The molecule has 1 fully saturated rings. The molecular formula is C5H10BNO2. The van der Waals surface area contributed by atoms with E-state index in [2.05, 4.69) is 4.65 Å². The molecule has 9 heavy (non-hydrogen) atoms. The third-order valence-corrected chi connectivity index (χ3v) is 1.54. The number of nitrogens with zero attached hydrogens (tertiary/aromatic N) is 1. The van der Waals surface area contributed by atoms with Crippen LogP contribution in [0.4, 0.5) is 4.79 Å². The Labute approximate surface area is 55.4 Å². The summed E-state index contributed by atoms with van der Waals surface area (Å²) < 4.78 is 4.52. The van der Waals surface area contributed by atoms with Crippen molar-refractivity contribution >= 4 is 14.1 Å². The lowest BCUT2D eigenvalue weighted by Gasteiger charge is -2.12. The molecule has 1 saturated heterocycles. The van der Waals surface area contributed by atoms with E-state index in [0.717, 1.165) is 25.9 Å². The van der Waals surface area contributed by atoms with Crippen LogP contribution in [-0.2, 0) is 4.65 Å². The molecule has 0 N–H and O–H groups in total. The first kappa shape index (κ1) is 6.45. The van der Waals surface area contributed by atoms with Gasteiger partial charge < -0.3 is 9.55 Å². The fraction of sp³-hybridized carbons (Fsp3) is 0.800. The van der Waals surface area contributed by atoms with Crippen molar-refractivity contribution in [2.24, 2.45) is 0 Å². The average molecular weight is 127 g/mol. The van der Waals surface area contributed by atoms with E-state index in [1.165, 1.54) is 8.05 Å². The standard InChI is InChI=1S/C5H10BNO2/c6-9-5(8)7-3-1-2-4-7/h1-4,6H2. The van der Waals surface area contributed by atoms with Crippen LogP contribution in [0, 0.1) is 0 Å². The van der Waals surface area contributed by atoms with Gasteiger partial charge >= 0.3 is 14.1 Å². The molecule has 3 nitrogen and oxygen atoms in total. The highest BCUT2D eigenvalue weighted by atomic mass is 16.5. The van der Waals surface area contributed by atoms with Crippen LogP contribution < -0.4 is 0 Å². The summed E-state index contributed by atoms with van der Waals surface area (Å²) in [5, 5.41) is 0. The zero-order valence-corrected chi connectivity index (χ0v) is 5.59. The second-order valence-electron chi connectivity index (χ2n) is 2.16. The number of carbonyl (C=O) groups excluding carboxylic acids is 1. The molecule has 0 radical (unpaired) electrons. The van der Waals surface area contributed by atoms with Gasteiger partial charge in [0.25, 0.3) is 0 Å². The molecule has 0 aromatic carbocycles. The molecule has 0 atom stereocenters. The van der Waals surface area contributed by atoms with Gasteiger partial charge in [-0.25, -0.2) is 4.79 Å². The summed E-state index contributed by atoms with van der Waals surface area (Å²) in [4.78, 5) is 12.4. The third-order valence-electron chi connectivity index (χ3n) is 1.54. The maximum absolute atomic E-state index is 10.7. The number of amides is 1. The van der Waals surface area contributed by atoms with Crippen molar-refractivity contribution in [3.63, 3.8) is 0 Å². The lowest BCUT2D eigenvalue weighted by Crippen LogP contribution is -2.27. The Kier molecular flexibility index (Phi) is 1.98. The van der Waals surface area contributed by atoms with E-state index in [-0.39, 0.29) is 6.09 Å².